The fraction of sp³-hybridized carbons (Fsp3) is 0.375. The van der Waals surface area contributed by atoms with Crippen LogP contribution in [0.25, 0.3) is 0 Å². The summed E-state index contributed by atoms with van der Waals surface area (Å²) in [6.45, 7) is 3.09. The van der Waals surface area contributed by atoms with Gasteiger partial charge in [-0.25, -0.2) is 0 Å². The van der Waals surface area contributed by atoms with Gasteiger partial charge in [-0.2, -0.15) is 0 Å². The molecule has 0 radical (unpaired) electrons. The number of rotatable bonds is 9. The first-order valence-electron chi connectivity index (χ1n) is 10.6. The predicted octanol–water partition coefficient (Wildman–Crippen LogP) is 2.73. The first kappa shape index (κ1) is 22.3. The van der Waals surface area contributed by atoms with Crippen LogP contribution in [0.5, 0.6) is 5.75 Å². The average Bonchev–Trinajstić information content (AvgIpc) is 2.80. The summed E-state index contributed by atoms with van der Waals surface area (Å²) >= 11 is 0. The van der Waals surface area contributed by atoms with Crippen molar-refractivity contribution in [3.63, 3.8) is 0 Å². The lowest BCUT2D eigenvalue weighted by Gasteiger charge is -2.29. The van der Waals surface area contributed by atoms with Gasteiger partial charge in [0.05, 0.1) is 24.8 Å². The second-order valence-electron chi connectivity index (χ2n) is 7.30. The number of carbonyl (C=O) groups excluding carboxylic acids is 3. The quantitative estimate of drug-likeness (QED) is 0.626. The number of amides is 2. The standard InChI is InChI=1S/C24H28N2O5/c1-2-30-24(29)19(16-18-8-4-3-5-9-18)17-25-22(27)12-13-23(28)26-14-15-31-21-11-7-6-10-20(21)26/h3-11,19H,2,12-17H2,1H3,(H,25,27). The number of anilines is 1. The van der Waals surface area contributed by atoms with Gasteiger partial charge >= 0.3 is 5.97 Å². The van der Waals surface area contributed by atoms with Gasteiger partial charge in [-0.1, -0.05) is 42.5 Å². The minimum Gasteiger partial charge on any atom is -0.490 e. The molecule has 164 valence electrons. The summed E-state index contributed by atoms with van der Waals surface area (Å²) in [5, 5.41) is 2.78. The molecular formula is C24H28N2O5. The predicted molar refractivity (Wildman–Crippen MR) is 117 cm³/mol. The highest BCUT2D eigenvalue weighted by molar-refractivity contribution is 5.97. The van der Waals surface area contributed by atoms with Gasteiger partial charge in [0.2, 0.25) is 11.8 Å². The molecule has 2 amide bonds. The third kappa shape index (κ3) is 6.31. The number of fused-ring (bicyclic) bond motifs is 1. The number of nitrogens with zero attached hydrogens (tertiary/aromatic N) is 1. The van der Waals surface area contributed by atoms with Crippen LogP contribution in [0.3, 0.4) is 0 Å². The molecule has 0 saturated heterocycles. The molecule has 0 spiro atoms. The minimum absolute atomic E-state index is 0.0548. The van der Waals surface area contributed by atoms with Gasteiger partial charge in [-0.15, -0.1) is 0 Å². The van der Waals surface area contributed by atoms with Crippen LogP contribution in [-0.2, 0) is 25.5 Å². The first-order valence-corrected chi connectivity index (χ1v) is 10.6. The van der Waals surface area contributed by atoms with E-state index in [1.54, 1.807) is 11.8 Å². The Morgan fingerprint density at radius 2 is 1.81 bits per heavy atom. The van der Waals surface area contributed by atoms with Crippen LogP contribution >= 0.6 is 0 Å². The molecule has 1 aliphatic rings. The van der Waals surface area contributed by atoms with Gasteiger partial charge in [0.1, 0.15) is 12.4 Å². The zero-order valence-electron chi connectivity index (χ0n) is 17.7. The summed E-state index contributed by atoms with van der Waals surface area (Å²) in [6, 6.07) is 17.0. The van der Waals surface area contributed by atoms with Crippen molar-refractivity contribution in [1.29, 1.82) is 0 Å². The van der Waals surface area contributed by atoms with Crippen molar-refractivity contribution in [2.24, 2.45) is 5.92 Å². The number of benzene rings is 2. The zero-order chi connectivity index (χ0) is 22.1. The first-order chi connectivity index (χ1) is 15.1. The smallest absolute Gasteiger partial charge is 0.311 e. The minimum atomic E-state index is -0.479. The molecule has 3 rings (SSSR count). The van der Waals surface area contributed by atoms with E-state index in [9.17, 15) is 14.4 Å². The van der Waals surface area contributed by atoms with Crippen molar-refractivity contribution < 1.29 is 23.9 Å². The number of para-hydroxylation sites is 2. The topological polar surface area (TPSA) is 84.9 Å². The Morgan fingerprint density at radius 3 is 2.58 bits per heavy atom. The summed E-state index contributed by atoms with van der Waals surface area (Å²) in [5.74, 6) is -0.542. The molecule has 1 aliphatic heterocycles. The number of ether oxygens (including phenoxy) is 2. The molecule has 2 aromatic rings. The van der Waals surface area contributed by atoms with E-state index in [1.165, 1.54) is 0 Å². The van der Waals surface area contributed by atoms with Gasteiger partial charge in [-0.05, 0) is 31.0 Å². The fourth-order valence-electron chi connectivity index (χ4n) is 3.51. The summed E-state index contributed by atoms with van der Waals surface area (Å²) in [6.07, 6.45) is 0.617. The maximum atomic E-state index is 12.7. The number of nitrogens with one attached hydrogen (secondary N) is 1. The Labute approximate surface area is 182 Å². The molecule has 0 saturated carbocycles. The molecule has 0 aliphatic carbocycles. The van der Waals surface area contributed by atoms with Crippen LogP contribution in [0.1, 0.15) is 25.3 Å². The molecule has 7 nitrogen and oxygen atoms in total. The molecule has 1 atom stereocenters. The molecule has 1 heterocycles. The summed E-state index contributed by atoms with van der Waals surface area (Å²) in [4.78, 5) is 39.0. The fourth-order valence-corrected chi connectivity index (χ4v) is 3.51. The van der Waals surface area contributed by atoms with E-state index >= 15 is 0 Å². The van der Waals surface area contributed by atoms with Gasteiger partial charge in [-0.3, -0.25) is 14.4 Å². The lowest BCUT2D eigenvalue weighted by molar-refractivity contribution is -0.148. The number of hydrogen-bond acceptors (Lipinski definition) is 5. The molecule has 7 heteroatoms. The van der Waals surface area contributed by atoms with E-state index in [0.29, 0.717) is 25.3 Å². The Morgan fingerprint density at radius 1 is 1.06 bits per heavy atom. The van der Waals surface area contributed by atoms with Crippen LogP contribution in [0.4, 0.5) is 5.69 Å². The molecule has 1 unspecified atom stereocenters. The number of carbonyl (C=O) groups is 3. The Balaban J connectivity index is 1.51. The van der Waals surface area contributed by atoms with E-state index in [2.05, 4.69) is 5.32 Å². The highest BCUT2D eigenvalue weighted by Gasteiger charge is 2.24. The maximum Gasteiger partial charge on any atom is 0.311 e. The molecule has 0 bridgehead atoms. The Kier molecular flexibility index (Phi) is 8.04. The maximum absolute atomic E-state index is 12.7. The summed E-state index contributed by atoms with van der Waals surface area (Å²) < 4.78 is 10.7. The largest absolute Gasteiger partial charge is 0.490 e. The average molecular weight is 424 g/mol. The van der Waals surface area contributed by atoms with E-state index in [0.717, 1.165) is 11.3 Å². The van der Waals surface area contributed by atoms with Gasteiger partial charge in [0, 0.05) is 19.4 Å². The van der Waals surface area contributed by atoms with Crippen molar-refractivity contribution in [3.05, 3.63) is 60.2 Å². The molecule has 0 aromatic heterocycles. The summed E-state index contributed by atoms with van der Waals surface area (Å²) in [5.41, 5.74) is 1.72. The van der Waals surface area contributed by atoms with Crippen LogP contribution in [0.2, 0.25) is 0 Å². The van der Waals surface area contributed by atoms with Crippen molar-refractivity contribution in [2.75, 3.05) is 31.2 Å². The lowest BCUT2D eigenvalue weighted by atomic mass is 9.99. The van der Waals surface area contributed by atoms with Gasteiger partial charge < -0.3 is 19.7 Å². The SMILES string of the molecule is CCOC(=O)C(CNC(=O)CCC(=O)N1CCOc2ccccc21)Cc1ccccc1. The van der Waals surface area contributed by atoms with E-state index in [4.69, 9.17) is 9.47 Å². The lowest BCUT2D eigenvalue weighted by Crippen LogP contribution is -2.39. The normalized spacial score (nSPS) is 13.5. The van der Waals surface area contributed by atoms with Crippen LogP contribution in [0, 0.1) is 5.92 Å². The Bertz CT molecular complexity index is 900. The van der Waals surface area contributed by atoms with Crippen molar-refractivity contribution in [2.45, 2.75) is 26.2 Å². The molecule has 2 aromatic carbocycles. The van der Waals surface area contributed by atoms with Crippen molar-refractivity contribution in [1.82, 2.24) is 5.32 Å². The third-order valence-corrected chi connectivity index (χ3v) is 5.09. The van der Waals surface area contributed by atoms with Crippen LogP contribution < -0.4 is 15.0 Å². The molecular weight excluding hydrogens is 396 g/mol. The van der Waals surface area contributed by atoms with E-state index in [-0.39, 0.29) is 43.8 Å². The number of hydrogen-bond donors (Lipinski definition) is 1. The molecule has 31 heavy (non-hydrogen) atoms. The van der Waals surface area contributed by atoms with Crippen molar-refractivity contribution in [3.8, 4) is 5.75 Å². The highest BCUT2D eigenvalue weighted by Crippen LogP contribution is 2.31. The van der Waals surface area contributed by atoms with Gasteiger partial charge in [0.15, 0.2) is 0 Å². The monoisotopic (exact) mass is 424 g/mol. The summed E-state index contributed by atoms with van der Waals surface area (Å²) in [7, 11) is 0. The van der Waals surface area contributed by atoms with Crippen LogP contribution in [-0.4, -0.2) is 44.1 Å². The zero-order valence-corrected chi connectivity index (χ0v) is 17.7. The van der Waals surface area contributed by atoms with E-state index < -0.39 is 5.92 Å². The second-order valence-corrected chi connectivity index (χ2v) is 7.30. The molecule has 0 fully saturated rings. The number of esters is 1. The van der Waals surface area contributed by atoms with Crippen LogP contribution in [0.15, 0.2) is 54.6 Å². The third-order valence-electron chi connectivity index (χ3n) is 5.09. The Hall–Kier alpha value is -3.35. The van der Waals surface area contributed by atoms with E-state index in [1.807, 2.05) is 54.6 Å². The van der Waals surface area contributed by atoms with Gasteiger partial charge in [0.25, 0.3) is 0 Å². The van der Waals surface area contributed by atoms with Crippen molar-refractivity contribution >= 4 is 23.5 Å². The molecule has 1 N–H and O–H groups in total. The highest BCUT2D eigenvalue weighted by atomic mass is 16.5. The second kappa shape index (κ2) is 11.2.